The van der Waals surface area contributed by atoms with Gasteiger partial charge in [-0.05, 0) is 45.4 Å². The van der Waals surface area contributed by atoms with Gasteiger partial charge in [-0.2, -0.15) is 0 Å². The van der Waals surface area contributed by atoms with Gasteiger partial charge in [0.15, 0.2) is 11.5 Å². The highest BCUT2D eigenvalue weighted by Crippen LogP contribution is 2.30. The summed E-state index contributed by atoms with van der Waals surface area (Å²) in [5.74, 6) is 1.59. The first-order valence-corrected chi connectivity index (χ1v) is 6.67. The Labute approximate surface area is 112 Å². The number of methoxy groups -OCH3 is 1. The van der Waals surface area contributed by atoms with Crippen LogP contribution in [-0.4, -0.2) is 12.7 Å². The highest BCUT2D eigenvalue weighted by atomic mass is 16.5. The molecule has 18 heavy (non-hydrogen) atoms. The zero-order valence-electron chi connectivity index (χ0n) is 13.0. The third-order valence-corrected chi connectivity index (χ3v) is 2.24. The van der Waals surface area contributed by atoms with E-state index in [9.17, 15) is 0 Å². The van der Waals surface area contributed by atoms with Crippen molar-refractivity contribution < 1.29 is 9.47 Å². The first-order chi connectivity index (χ1) is 8.34. The van der Waals surface area contributed by atoms with Crippen LogP contribution in [0.25, 0.3) is 0 Å². The Kier molecular flexibility index (Phi) is 7.49. The molecule has 0 atom stereocenters. The summed E-state index contributed by atoms with van der Waals surface area (Å²) in [5, 5.41) is 0. The van der Waals surface area contributed by atoms with Gasteiger partial charge in [-0.15, -0.1) is 0 Å². The molecule has 1 rings (SSSR count). The Hall–Kier alpha value is -1.18. The van der Waals surface area contributed by atoms with Crippen molar-refractivity contribution in [1.29, 1.82) is 0 Å². The zero-order chi connectivity index (χ0) is 14.2. The first kappa shape index (κ1) is 16.8. The van der Waals surface area contributed by atoms with Gasteiger partial charge in [0.25, 0.3) is 0 Å². The molecule has 0 saturated heterocycles. The van der Waals surface area contributed by atoms with Crippen LogP contribution < -0.4 is 9.47 Å². The molecule has 1 aromatic rings. The number of hydrogen-bond acceptors (Lipinski definition) is 2. The lowest BCUT2D eigenvalue weighted by atomic mass is 10.1. The second-order valence-corrected chi connectivity index (χ2v) is 5.37. The number of aryl methyl sites for hydroxylation is 1. The van der Waals surface area contributed by atoms with E-state index in [-0.39, 0.29) is 5.60 Å². The monoisotopic (exact) mass is 252 g/mol. The Morgan fingerprint density at radius 3 is 1.94 bits per heavy atom. The van der Waals surface area contributed by atoms with Crippen LogP contribution in [0.15, 0.2) is 18.2 Å². The molecule has 0 aromatic heterocycles. The maximum atomic E-state index is 5.75. The van der Waals surface area contributed by atoms with Gasteiger partial charge in [-0.1, -0.05) is 32.8 Å². The molecule has 1 aromatic carbocycles. The van der Waals surface area contributed by atoms with E-state index in [1.807, 2.05) is 45.9 Å². The molecule has 0 bridgehead atoms. The van der Waals surface area contributed by atoms with Crippen LogP contribution in [0.5, 0.6) is 11.5 Å². The normalized spacial score (nSPS) is 10.4. The van der Waals surface area contributed by atoms with Crippen LogP contribution >= 0.6 is 0 Å². The van der Waals surface area contributed by atoms with Crippen molar-refractivity contribution >= 4 is 0 Å². The summed E-state index contributed by atoms with van der Waals surface area (Å²) < 4.78 is 11.0. The van der Waals surface area contributed by atoms with Crippen molar-refractivity contribution in [3.05, 3.63) is 23.8 Å². The molecule has 0 radical (unpaired) electrons. The summed E-state index contributed by atoms with van der Waals surface area (Å²) in [6.45, 7) is 12.5. The summed E-state index contributed by atoms with van der Waals surface area (Å²) in [6, 6.07) is 5.93. The van der Waals surface area contributed by atoms with Gasteiger partial charge >= 0.3 is 0 Å². The van der Waals surface area contributed by atoms with Gasteiger partial charge in [0.1, 0.15) is 5.60 Å². The highest BCUT2D eigenvalue weighted by Gasteiger charge is 2.14. The predicted molar refractivity (Wildman–Crippen MR) is 78.7 cm³/mol. The van der Waals surface area contributed by atoms with E-state index in [0.29, 0.717) is 0 Å². The maximum absolute atomic E-state index is 5.75. The topological polar surface area (TPSA) is 18.5 Å². The minimum absolute atomic E-state index is 0.192. The Bertz CT molecular complexity index is 335. The van der Waals surface area contributed by atoms with Gasteiger partial charge in [0, 0.05) is 0 Å². The largest absolute Gasteiger partial charge is 0.493 e. The fourth-order valence-electron chi connectivity index (χ4n) is 1.19. The van der Waals surface area contributed by atoms with E-state index in [4.69, 9.17) is 9.47 Å². The molecule has 104 valence electrons. The van der Waals surface area contributed by atoms with Crippen molar-refractivity contribution in [2.24, 2.45) is 0 Å². The van der Waals surface area contributed by atoms with Crippen molar-refractivity contribution in [1.82, 2.24) is 0 Å². The van der Waals surface area contributed by atoms with Crippen molar-refractivity contribution in [2.45, 2.75) is 60.0 Å². The van der Waals surface area contributed by atoms with E-state index in [0.717, 1.165) is 11.5 Å². The average Bonchev–Trinajstić information content (AvgIpc) is 2.30. The fourth-order valence-corrected chi connectivity index (χ4v) is 1.19. The average molecular weight is 252 g/mol. The molecule has 0 aliphatic carbocycles. The van der Waals surface area contributed by atoms with Gasteiger partial charge in [-0.3, -0.25) is 0 Å². The lowest BCUT2D eigenvalue weighted by Gasteiger charge is -2.22. The molecule has 2 heteroatoms. The third-order valence-electron chi connectivity index (χ3n) is 2.24. The van der Waals surface area contributed by atoms with E-state index in [2.05, 4.69) is 13.8 Å². The second-order valence-electron chi connectivity index (χ2n) is 5.37. The Morgan fingerprint density at radius 2 is 1.56 bits per heavy atom. The summed E-state index contributed by atoms with van der Waals surface area (Å²) in [6.07, 6.45) is 2.64. The molecular weight excluding hydrogens is 224 g/mol. The van der Waals surface area contributed by atoms with E-state index >= 15 is 0 Å². The predicted octanol–water partition coefficient (Wildman–Crippen LogP) is 4.99. The molecule has 0 saturated carbocycles. The molecule has 0 amide bonds. The molecule has 2 nitrogen and oxygen atoms in total. The number of hydrogen-bond donors (Lipinski definition) is 0. The summed E-state index contributed by atoms with van der Waals surface area (Å²) in [4.78, 5) is 0. The molecule has 0 heterocycles. The minimum atomic E-state index is -0.192. The van der Waals surface area contributed by atoms with Crippen LogP contribution in [0.1, 0.15) is 53.0 Å². The molecule has 0 fully saturated rings. The van der Waals surface area contributed by atoms with Gasteiger partial charge in [-0.25, -0.2) is 0 Å². The van der Waals surface area contributed by atoms with Gasteiger partial charge in [0.2, 0.25) is 0 Å². The van der Waals surface area contributed by atoms with E-state index in [1.165, 1.54) is 18.4 Å². The zero-order valence-corrected chi connectivity index (χ0v) is 13.0. The maximum Gasteiger partial charge on any atom is 0.161 e. The van der Waals surface area contributed by atoms with E-state index < -0.39 is 0 Å². The molecule has 0 unspecified atom stereocenters. The van der Waals surface area contributed by atoms with E-state index in [1.54, 1.807) is 7.11 Å². The quantitative estimate of drug-likeness (QED) is 0.754. The molecule has 0 N–H and O–H groups in total. The minimum Gasteiger partial charge on any atom is -0.493 e. The molecule has 0 aliphatic heterocycles. The lowest BCUT2D eigenvalue weighted by Crippen LogP contribution is -2.23. The SMILES string of the molecule is CCCC.COc1cc(C)ccc1OC(C)(C)C. The van der Waals surface area contributed by atoms with Crippen LogP contribution in [0.2, 0.25) is 0 Å². The smallest absolute Gasteiger partial charge is 0.161 e. The van der Waals surface area contributed by atoms with Crippen LogP contribution in [0, 0.1) is 6.92 Å². The van der Waals surface area contributed by atoms with Crippen molar-refractivity contribution in [3.8, 4) is 11.5 Å². The molecule has 0 spiro atoms. The standard InChI is InChI=1S/C12H18O2.C4H10/c1-9-6-7-10(11(8-9)13-5)14-12(2,3)4;1-3-4-2/h6-8H,1-5H3;3-4H2,1-2H3. The number of rotatable bonds is 3. The molecular formula is C16H28O2. The second kappa shape index (κ2) is 8.02. The van der Waals surface area contributed by atoms with Crippen molar-refractivity contribution in [3.63, 3.8) is 0 Å². The van der Waals surface area contributed by atoms with Gasteiger partial charge < -0.3 is 9.47 Å². The van der Waals surface area contributed by atoms with Gasteiger partial charge in [0.05, 0.1) is 7.11 Å². The summed E-state index contributed by atoms with van der Waals surface area (Å²) in [7, 11) is 1.66. The van der Waals surface area contributed by atoms with Crippen molar-refractivity contribution in [2.75, 3.05) is 7.11 Å². The van der Waals surface area contributed by atoms with Crippen LogP contribution in [0.4, 0.5) is 0 Å². The first-order valence-electron chi connectivity index (χ1n) is 6.67. The third kappa shape index (κ3) is 7.21. The summed E-state index contributed by atoms with van der Waals surface area (Å²) in [5.41, 5.74) is 0.978. The van der Waals surface area contributed by atoms with Crippen LogP contribution in [0.3, 0.4) is 0 Å². The Balaban J connectivity index is 0.000000631. The summed E-state index contributed by atoms with van der Waals surface area (Å²) >= 11 is 0. The lowest BCUT2D eigenvalue weighted by molar-refractivity contribution is 0.125. The molecule has 0 aliphatic rings. The number of ether oxygens (including phenoxy) is 2. The number of unbranched alkanes of at least 4 members (excludes halogenated alkanes) is 1. The van der Waals surface area contributed by atoms with Crippen LogP contribution in [-0.2, 0) is 0 Å². The Morgan fingerprint density at radius 1 is 1.00 bits per heavy atom. The number of benzene rings is 1. The highest BCUT2D eigenvalue weighted by molar-refractivity contribution is 5.42. The fraction of sp³-hybridized carbons (Fsp3) is 0.625.